The highest BCUT2D eigenvalue weighted by Gasteiger charge is 2.09. The van der Waals surface area contributed by atoms with Gasteiger partial charge in [0.15, 0.2) is 6.29 Å². The van der Waals surface area contributed by atoms with E-state index in [1.807, 2.05) is 6.92 Å². The Kier molecular flexibility index (Phi) is 8.05. The van der Waals surface area contributed by atoms with Gasteiger partial charge < -0.3 is 14.2 Å². The predicted octanol–water partition coefficient (Wildman–Crippen LogP) is 1.81. The maximum atomic E-state index is 11.2. The lowest BCUT2D eigenvalue weighted by atomic mass is 10.3. The van der Waals surface area contributed by atoms with Gasteiger partial charge in [0.2, 0.25) is 0 Å². The Hall–Kier alpha value is -1.36. The second kappa shape index (κ2) is 8.75. The van der Waals surface area contributed by atoms with E-state index in [1.165, 1.54) is 0 Å². The van der Waals surface area contributed by atoms with Crippen LogP contribution in [-0.2, 0) is 23.8 Å². The van der Waals surface area contributed by atoms with Crippen molar-refractivity contribution in [1.82, 2.24) is 0 Å². The van der Waals surface area contributed by atoms with Crippen LogP contribution in [0.1, 0.15) is 33.6 Å². The van der Waals surface area contributed by atoms with E-state index in [0.29, 0.717) is 18.6 Å². The summed E-state index contributed by atoms with van der Waals surface area (Å²) in [6.07, 6.45) is 0.0860. The zero-order valence-corrected chi connectivity index (χ0v) is 10.7. The first kappa shape index (κ1) is 15.6. The van der Waals surface area contributed by atoms with Crippen molar-refractivity contribution in [1.29, 1.82) is 0 Å². The molecule has 0 amide bonds. The highest BCUT2D eigenvalue weighted by molar-refractivity contribution is 5.86. The van der Waals surface area contributed by atoms with Crippen LogP contribution in [0.25, 0.3) is 0 Å². The van der Waals surface area contributed by atoms with E-state index in [0.717, 1.165) is 0 Å². The van der Waals surface area contributed by atoms with Crippen LogP contribution in [0.5, 0.6) is 0 Å². The van der Waals surface area contributed by atoms with Gasteiger partial charge in [0.05, 0.1) is 6.61 Å². The number of hydrogen-bond acceptors (Lipinski definition) is 5. The van der Waals surface area contributed by atoms with Crippen LogP contribution in [0.2, 0.25) is 0 Å². The summed E-state index contributed by atoms with van der Waals surface area (Å²) >= 11 is 0. The number of carbonyl (C=O) groups excluding carboxylic acids is 2. The third-order valence-corrected chi connectivity index (χ3v) is 1.81. The molecule has 0 aromatic rings. The van der Waals surface area contributed by atoms with Crippen LogP contribution in [0, 0.1) is 0 Å². The SMILES string of the molecule is C=C(C)C(=O)OCCCC(=O)OC(C)OCC. The summed E-state index contributed by atoms with van der Waals surface area (Å²) in [5, 5.41) is 0. The van der Waals surface area contributed by atoms with Gasteiger partial charge in [-0.2, -0.15) is 0 Å². The Morgan fingerprint density at radius 3 is 2.53 bits per heavy atom. The highest BCUT2D eigenvalue weighted by Crippen LogP contribution is 2.01. The molecular weight excluding hydrogens is 224 g/mol. The lowest BCUT2D eigenvalue weighted by molar-refractivity contribution is -0.174. The van der Waals surface area contributed by atoms with Gasteiger partial charge in [-0.05, 0) is 27.2 Å². The van der Waals surface area contributed by atoms with E-state index in [9.17, 15) is 9.59 Å². The molecule has 0 aromatic heterocycles. The third-order valence-electron chi connectivity index (χ3n) is 1.81. The van der Waals surface area contributed by atoms with Crippen molar-refractivity contribution in [2.24, 2.45) is 0 Å². The Labute approximate surface area is 102 Å². The third kappa shape index (κ3) is 8.45. The number of carbonyl (C=O) groups is 2. The summed E-state index contributed by atoms with van der Waals surface area (Å²) in [4.78, 5) is 22.2. The van der Waals surface area contributed by atoms with Crippen molar-refractivity contribution < 1.29 is 23.8 Å². The number of esters is 2. The molecule has 0 aliphatic rings. The van der Waals surface area contributed by atoms with Crippen LogP contribution in [0.15, 0.2) is 12.2 Å². The molecule has 0 bridgehead atoms. The van der Waals surface area contributed by atoms with Crippen molar-refractivity contribution in [2.45, 2.75) is 39.9 Å². The summed E-state index contributed by atoms with van der Waals surface area (Å²) < 4.78 is 14.8. The Morgan fingerprint density at radius 2 is 2.00 bits per heavy atom. The van der Waals surface area contributed by atoms with E-state index < -0.39 is 12.3 Å². The molecule has 0 fully saturated rings. The minimum atomic E-state index is -0.537. The van der Waals surface area contributed by atoms with Crippen molar-refractivity contribution in [2.75, 3.05) is 13.2 Å². The van der Waals surface area contributed by atoms with Gasteiger partial charge in [0.1, 0.15) is 0 Å². The lowest BCUT2D eigenvalue weighted by Gasteiger charge is -2.12. The molecule has 0 aliphatic heterocycles. The molecule has 98 valence electrons. The molecule has 5 nitrogen and oxygen atoms in total. The molecule has 17 heavy (non-hydrogen) atoms. The van der Waals surface area contributed by atoms with Gasteiger partial charge in [-0.25, -0.2) is 4.79 Å². The number of hydrogen-bond donors (Lipinski definition) is 0. The normalized spacial score (nSPS) is 11.7. The van der Waals surface area contributed by atoms with Crippen molar-refractivity contribution in [3.63, 3.8) is 0 Å². The van der Waals surface area contributed by atoms with Crippen LogP contribution < -0.4 is 0 Å². The minimum absolute atomic E-state index is 0.184. The topological polar surface area (TPSA) is 61.8 Å². The minimum Gasteiger partial charge on any atom is -0.462 e. The summed E-state index contributed by atoms with van der Waals surface area (Å²) in [7, 11) is 0. The number of rotatable bonds is 8. The molecule has 0 saturated carbocycles. The maximum absolute atomic E-state index is 11.2. The fraction of sp³-hybridized carbons (Fsp3) is 0.667. The fourth-order valence-electron chi connectivity index (χ4n) is 1.02. The van der Waals surface area contributed by atoms with E-state index in [4.69, 9.17) is 14.2 Å². The van der Waals surface area contributed by atoms with E-state index >= 15 is 0 Å². The van der Waals surface area contributed by atoms with Crippen LogP contribution >= 0.6 is 0 Å². The smallest absolute Gasteiger partial charge is 0.333 e. The maximum Gasteiger partial charge on any atom is 0.333 e. The fourth-order valence-corrected chi connectivity index (χ4v) is 1.02. The van der Waals surface area contributed by atoms with Crippen molar-refractivity contribution >= 4 is 11.9 Å². The second-order valence-corrected chi connectivity index (χ2v) is 3.53. The van der Waals surface area contributed by atoms with E-state index in [-0.39, 0.29) is 19.0 Å². The first-order valence-corrected chi connectivity index (χ1v) is 5.61. The van der Waals surface area contributed by atoms with Gasteiger partial charge >= 0.3 is 11.9 Å². The molecule has 0 N–H and O–H groups in total. The van der Waals surface area contributed by atoms with Gasteiger partial charge in [-0.3, -0.25) is 4.79 Å². The Balaban J connectivity index is 3.58. The van der Waals surface area contributed by atoms with Gasteiger partial charge in [0, 0.05) is 18.6 Å². The summed E-state index contributed by atoms with van der Waals surface area (Å²) in [6, 6.07) is 0. The van der Waals surface area contributed by atoms with Crippen LogP contribution in [0.4, 0.5) is 0 Å². The number of ether oxygens (including phenoxy) is 3. The Morgan fingerprint density at radius 1 is 1.35 bits per heavy atom. The molecule has 1 unspecified atom stereocenters. The summed E-state index contributed by atoms with van der Waals surface area (Å²) in [5.74, 6) is -0.807. The highest BCUT2D eigenvalue weighted by atomic mass is 16.7. The molecule has 0 rings (SSSR count). The van der Waals surface area contributed by atoms with Crippen molar-refractivity contribution in [3.8, 4) is 0 Å². The van der Waals surface area contributed by atoms with Crippen LogP contribution in [0.3, 0.4) is 0 Å². The summed E-state index contributed by atoms with van der Waals surface area (Å²) in [5.41, 5.74) is 0.345. The standard InChI is InChI=1S/C12H20O5/c1-5-15-10(4)17-11(13)7-6-8-16-12(14)9(2)3/h10H,2,5-8H2,1,3-4H3. The zero-order valence-electron chi connectivity index (χ0n) is 10.7. The lowest BCUT2D eigenvalue weighted by Crippen LogP contribution is -2.18. The Bertz CT molecular complexity index is 272. The van der Waals surface area contributed by atoms with Crippen LogP contribution in [-0.4, -0.2) is 31.4 Å². The van der Waals surface area contributed by atoms with E-state index in [2.05, 4.69) is 6.58 Å². The largest absolute Gasteiger partial charge is 0.462 e. The van der Waals surface area contributed by atoms with Gasteiger partial charge in [-0.15, -0.1) is 0 Å². The zero-order chi connectivity index (χ0) is 13.3. The molecule has 0 aromatic carbocycles. The second-order valence-electron chi connectivity index (χ2n) is 3.53. The molecule has 1 atom stereocenters. The van der Waals surface area contributed by atoms with Gasteiger partial charge in [-0.1, -0.05) is 6.58 Å². The average molecular weight is 244 g/mol. The molecular formula is C12H20O5. The predicted molar refractivity (Wildman–Crippen MR) is 62.2 cm³/mol. The first-order chi connectivity index (χ1) is 7.97. The first-order valence-electron chi connectivity index (χ1n) is 5.61. The molecule has 0 heterocycles. The van der Waals surface area contributed by atoms with Gasteiger partial charge in [0.25, 0.3) is 0 Å². The molecule has 5 heteroatoms. The summed E-state index contributed by atoms with van der Waals surface area (Å²) in [6.45, 7) is 9.17. The molecule has 0 radical (unpaired) electrons. The quantitative estimate of drug-likeness (QED) is 0.282. The molecule has 0 aliphatic carbocycles. The average Bonchev–Trinajstić information content (AvgIpc) is 2.24. The molecule has 0 spiro atoms. The molecule has 0 saturated heterocycles. The van der Waals surface area contributed by atoms with Crippen molar-refractivity contribution in [3.05, 3.63) is 12.2 Å². The van der Waals surface area contributed by atoms with E-state index in [1.54, 1.807) is 13.8 Å². The monoisotopic (exact) mass is 244 g/mol.